The lowest BCUT2D eigenvalue weighted by Crippen LogP contribution is -2.45. The van der Waals surface area contributed by atoms with Crippen molar-refractivity contribution in [2.75, 3.05) is 31.9 Å². The molecule has 0 atom stereocenters. The zero-order valence-electron chi connectivity index (χ0n) is 13.1. The third-order valence-electron chi connectivity index (χ3n) is 3.75. The highest BCUT2D eigenvalue weighted by atomic mass is 35.5. The van der Waals surface area contributed by atoms with Crippen LogP contribution in [0.4, 0.5) is 5.69 Å². The van der Waals surface area contributed by atoms with Crippen molar-refractivity contribution in [3.05, 3.63) is 41.5 Å². The number of aromatic nitrogens is 2. The van der Waals surface area contributed by atoms with Gasteiger partial charge in [0.2, 0.25) is 5.89 Å². The molecule has 0 saturated carbocycles. The molecule has 128 valence electrons. The maximum absolute atomic E-state index is 5.82. The van der Waals surface area contributed by atoms with E-state index in [1.807, 2.05) is 25.1 Å². The number of nitrogens with two attached hydrogens (primary N) is 1. The van der Waals surface area contributed by atoms with Crippen LogP contribution in [0.1, 0.15) is 17.3 Å². The Balaban J connectivity index is 0.00000132. The van der Waals surface area contributed by atoms with Crippen LogP contribution in [0.3, 0.4) is 0 Å². The van der Waals surface area contributed by atoms with E-state index in [-0.39, 0.29) is 24.8 Å². The Kier molecular flexibility index (Phi) is 7.78. The molecule has 1 aromatic carbocycles. The zero-order chi connectivity index (χ0) is 14.7. The van der Waals surface area contributed by atoms with Gasteiger partial charge < -0.3 is 10.3 Å². The second-order valence-corrected chi connectivity index (χ2v) is 5.53. The number of piperazine rings is 1. The molecule has 1 aliphatic rings. The fraction of sp³-hybridized carbons (Fsp3) is 0.467. The van der Waals surface area contributed by atoms with Crippen molar-refractivity contribution in [1.82, 2.24) is 19.9 Å². The zero-order valence-corrected chi connectivity index (χ0v) is 14.8. The molecule has 2 N–H and O–H groups in total. The Morgan fingerprint density at radius 3 is 2.30 bits per heavy atom. The van der Waals surface area contributed by atoms with Crippen LogP contribution in [0.15, 0.2) is 28.8 Å². The van der Waals surface area contributed by atoms with Crippen molar-refractivity contribution in [2.45, 2.75) is 20.0 Å². The lowest BCUT2D eigenvalue weighted by Gasteiger charge is -2.33. The summed E-state index contributed by atoms with van der Waals surface area (Å²) < 4.78 is 5.17. The van der Waals surface area contributed by atoms with Crippen molar-refractivity contribution >= 4 is 30.5 Å². The summed E-state index contributed by atoms with van der Waals surface area (Å²) in [6.07, 6.45) is 0. The van der Waals surface area contributed by atoms with Gasteiger partial charge in [0.05, 0.1) is 6.54 Å². The number of benzene rings is 1. The highest BCUT2D eigenvalue weighted by Gasteiger charge is 2.18. The molecule has 1 saturated heterocycles. The Labute approximate surface area is 148 Å². The molecule has 0 bridgehead atoms. The van der Waals surface area contributed by atoms with Crippen LogP contribution in [0, 0.1) is 6.92 Å². The monoisotopic (exact) mass is 359 g/mol. The fourth-order valence-corrected chi connectivity index (χ4v) is 2.65. The number of nitrogens with zero attached hydrogens (tertiary/aromatic N) is 4. The molecule has 0 amide bonds. The van der Waals surface area contributed by atoms with Gasteiger partial charge in [-0.05, 0) is 24.6 Å². The topological polar surface area (TPSA) is 71.4 Å². The molecule has 3 rings (SSSR count). The Morgan fingerprint density at radius 2 is 1.74 bits per heavy atom. The lowest BCUT2D eigenvalue weighted by molar-refractivity contribution is 0.112. The molecule has 23 heavy (non-hydrogen) atoms. The minimum atomic E-state index is 0. The molecule has 0 aliphatic carbocycles. The first-order valence-electron chi connectivity index (χ1n) is 7.27. The summed E-state index contributed by atoms with van der Waals surface area (Å²) in [5.74, 6) is 1.40. The summed E-state index contributed by atoms with van der Waals surface area (Å²) in [6.45, 7) is 7.67. The molecule has 1 fully saturated rings. The highest BCUT2D eigenvalue weighted by Crippen LogP contribution is 2.12. The molecular formula is C15H23Cl2N5O. The minimum absolute atomic E-state index is 0. The maximum Gasteiger partial charge on any atom is 0.240 e. The van der Waals surface area contributed by atoms with E-state index in [1.54, 1.807) is 0 Å². The molecule has 1 aromatic heterocycles. The van der Waals surface area contributed by atoms with Gasteiger partial charge in [-0.15, -0.1) is 24.8 Å². The number of rotatable bonds is 4. The average molecular weight is 360 g/mol. The number of hydrogen-bond donors (Lipinski definition) is 1. The summed E-state index contributed by atoms with van der Waals surface area (Å²) in [7, 11) is 0. The van der Waals surface area contributed by atoms with E-state index in [2.05, 4.69) is 26.0 Å². The second kappa shape index (κ2) is 9.08. The van der Waals surface area contributed by atoms with E-state index in [9.17, 15) is 0 Å². The second-order valence-electron chi connectivity index (χ2n) is 5.53. The van der Waals surface area contributed by atoms with Crippen LogP contribution in [0.5, 0.6) is 0 Å². The van der Waals surface area contributed by atoms with Crippen molar-refractivity contribution in [2.24, 2.45) is 0 Å². The molecule has 8 heteroatoms. The van der Waals surface area contributed by atoms with Crippen LogP contribution >= 0.6 is 24.8 Å². The third-order valence-corrected chi connectivity index (χ3v) is 3.75. The minimum Gasteiger partial charge on any atom is -0.399 e. The average Bonchev–Trinajstić information content (AvgIpc) is 2.86. The van der Waals surface area contributed by atoms with Gasteiger partial charge in [0.25, 0.3) is 0 Å². The van der Waals surface area contributed by atoms with Gasteiger partial charge in [-0.1, -0.05) is 17.3 Å². The van der Waals surface area contributed by atoms with Crippen LogP contribution in [0.25, 0.3) is 0 Å². The normalized spacial score (nSPS) is 15.7. The van der Waals surface area contributed by atoms with Crippen LogP contribution in [-0.4, -0.2) is 46.1 Å². The first-order chi connectivity index (χ1) is 10.2. The van der Waals surface area contributed by atoms with E-state index in [1.165, 1.54) is 5.56 Å². The number of anilines is 1. The number of hydrogen-bond acceptors (Lipinski definition) is 6. The first kappa shape index (κ1) is 19.7. The van der Waals surface area contributed by atoms with E-state index in [0.29, 0.717) is 11.7 Å². The van der Waals surface area contributed by atoms with E-state index >= 15 is 0 Å². The van der Waals surface area contributed by atoms with Crippen molar-refractivity contribution in [3.63, 3.8) is 0 Å². The quantitative estimate of drug-likeness (QED) is 0.843. The maximum atomic E-state index is 5.82. The smallest absolute Gasteiger partial charge is 0.240 e. The highest BCUT2D eigenvalue weighted by molar-refractivity contribution is 5.85. The molecule has 0 spiro atoms. The van der Waals surface area contributed by atoms with Gasteiger partial charge in [0.1, 0.15) is 0 Å². The molecule has 0 radical (unpaired) electrons. The Hall–Kier alpha value is -1.34. The fourth-order valence-electron chi connectivity index (χ4n) is 2.65. The number of nitrogen functional groups attached to an aromatic ring is 1. The lowest BCUT2D eigenvalue weighted by atomic mass is 10.2. The van der Waals surface area contributed by atoms with Crippen molar-refractivity contribution < 1.29 is 4.52 Å². The van der Waals surface area contributed by atoms with Gasteiger partial charge >= 0.3 is 0 Å². The van der Waals surface area contributed by atoms with Crippen LogP contribution < -0.4 is 5.73 Å². The molecule has 0 unspecified atom stereocenters. The molecule has 2 heterocycles. The van der Waals surface area contributed by atoms with E-state index < -0.39 is 0 Å². The SMILES string of the molecule is Cc1noc(CN2CCN(Cc3cccc(N)c3)CC2)n1.Cl.Cl. The van der Waals surface area contributed by atoms with Gasteiger partial charge in [-0.25, -0.2) is 0 Å². The van der Waals surface area contributed by atoms with Gasteiger partial charge in [0.15, 0.2) is 5.82 Å². The van der Waals surface area contributed by atoms with Crippen molar-refractivity contribution in [1.29, 1.82) is 0 Å². The summed E-state index contributed by atoms with van der Waals surface area (Å²) in [6, 6.07) is 8.12. The molecule has 1 aliphatic heterocycles. The van der Waals surface area contributed by atoms with Gasteiger partial charge in [0, 0.05) is 38.4 Å². The summed E-state index contributed by atoms with van der Waals surface area (Å²) >= 11 is 0. The molecular weight excluding hydrogens is 337 g/mol. The summed E-state index contributed by atoms with van der Waals surface area (Å²) in [5, 5.41) is 3.83. The van der Waals surface area contributed by atoms with E-state index in [0.717, 1.165) is 45.0 Å². The standard InChI is InChI=1S/C15H21N5O.2ClH/c1-12-17-15(21-18-12)11-20-7-5-19(6-8-20)10-13-3-2-4-14(16)9-13;;/h2-4,9H,5-8,10-11,16H2,1H3;2*1H. The first-order valence-corrected chi connectivity index (χ1v) is 7.27. The predicted molar refractivity (Wildman–Crippen MR) is 94.9 cm³/mol. The largest absolute Gasteiger partial charge is 0.399 e. The summed E-state index contributed by atoms with van der Waals surface area (Å²) in [5.41, 5.74) is 7.93. The third kappa shape index (κ3) is 5.66. The van der Waals surface area contributed by atoms with E-state index in [4.69, 9.17) is 10.3 Å². The Morgan fingerprint density at radius 1 is 1.09 bits per heavy atom. The number of aryl methyl sites for hydroxylation is 1. The van der Waals surface area contributed by atoms with Crippen LogP contribution in [-0.2, 0) is 13.1 Å². The number of halogens is 2. The predicted octanol–water partition coefficient (Wildman–Crippen LogP) is 2.12. The van der Waals surface area contributed by atoms with Gasteiger partial charge in [-0.2, -0.15) is 4.98 Å². The molecule has 2 aromatic rings. The molecule has 6 nitrogen and oxygen atoms in total. The van der Waals surface area contributed by atoms with Crippen LogP contribution in [0.2, 0.25) is 0 Å². The van der Waals surface area contributed by atoms with Gasteiger partial charge in [-0.3, -0.25) is 9.80 Å². The van der Waals surface area contributed by atoms with Crippen molar-refractivity contribution in [3.8, 4) is 0 Å². The summed E-state index contributed by atoms with van der Waals surface area (Å²) in [4.78, 5) is 9.05. The Bertz CT molecular complexity index is 599.